The van der Waals surface area contributed by atoms with E-state index in [1.807, 2.05) is 42.5 Å². The molecule has 0 spiro atoms. The number of carboxylic acid groups (broad SMARTS) is 2. The number of hydrogen-bond acceptors (Lipinski definition) is 6. The summed E-state index contributed by atoms with van der Waals surface area (Å²) in [5.41, 5.74) is 18.9. The SMILES string of the molecule is NC1CCCCC1.NCCC[C@H](N)C(=O)O.O=C(O)C1CCCCC1.O=Cc1ccc(-c2ccccc2)cc1. The second-order valence-electron chi connectivity index (χ2n) is 10.1. The number of benzene rings is 2. The predicted molar refractivity (Wildman–Crippen MR) is 156 cm³/mol. The third-order valence-electron chi connectivity index (χ3n) is 6.79. The normalized spacial score (nSPS) is 16.1. The van der Waals surface area contributed by atoms with E-state index in [-0.39, 0.29) is 5.92 Å². The highest BCUT2D eigenvalue weighted by atomic mass is 16.4. The third kappa shape index (κ3) is 15.8. The van der Waals surface area contributed by atoms with Gasteiger partial charge in [0.15, 0.2) is 0 Å². The van der Waals surface area contributed by atoms with Crippen molar-refractivity contribution in [3.05, 3.63) is 60.2 Å². The van der Waals surface area contributed by atoms with Gasteiger partial charge in [0.05, 0.1) is 5.92 Å². The van der Waals surface area contributed by atoms with Gasteiger partial charge in [-0.15, -0.1) is 0 Å². The van der Waals surface area contributed by atoms with E-state index >= 15 is 0 Å². The Hall–Kier alpha value is -3.07. The van der Waals surface area contributed by atoms with Crippen molar-refractivity contribution in [1.82, 2.24) is 0 Å². The lowest BCUT2D eigenvalue weighted by Gasteiger charge is -2.16. The van der Waals surface area contributed by atoms with Crippen LogP contribution in [0.4, 0.5) is 0 Å². The van der Waals surface area contributed by atoms with Crippen LogP contribution in [0.25, 0.3) is 11.1 Å². The minimum absolute atomic E-state index is 0.0289. The number of nitrogens with two attached hydrogens (primary N) is 3. The van der Waals surface area contributed by atoms with Gasteiger partial charge in [0.2, 0.25) is 0 Å². The first-order valence-electron chi connectivity index (χ1n) is 14.1. The zero-order valence-corrected chi connectivity index (χ0v) is 23.0. The van der Waals surface area contributed by atoms with Crippen LogP contribution >= 0.6 is 0 Å². The molecule has 0 unspecified atom stereocenters. The smallest absolute Gasteiger partial charge is 0.320 e. The second kappa shape index (κ2) is 20.8. The van der Waals surface area contributed by atoms with Gasteiger partial charge in [-0.1, -0.05) is 93.1 Å². The largest absolute Gasteiger partial charge is 0.481 e. The predicted octanol–water partition coefficient (Wildman–Crippen LogP) is 5.23. The summed E-state index contributed by atoms with van der Waals surface area (Å²) in [6.07, 6.45) is 13.9. The summed E-state index contributed by atoms with van der Waals surface area (Å²) in [5, 5.41) is 16.8. The Labute approximate surface area is 233 Å². The molecule has 0 aromatic heterocycles. The molecule has 2 fully saturated rings. The molecule has 0 heterocycles. The van der Waals surface area contributed by atoms with Crippen molar-refractivity contribution >= 4 is 18.2 Å². The summed E-state index contributed by atoms with van der Waals surface area (Å²) in [6, 6.07) is 17.5. The molecule has 1 atom stereocenters. The van der Waals surface area contributed by atoms with Crippen LogP contribution in [-0.2, 0) is 9.59 Å². The Morgan fingerprint density at radius 3 is 1.72 bits per heavy atom. The number of aldehydes is 1. The van der Waals surface area contributed by atoms with Crippen molar-refractivity contribution < 1.29 is 24.6 Å². The highest BCUT2D eigenvalue weighted by Crippen LogP contribution is 2.23. The minimum atomic E-state index is -0.955. The van der Waals surface area contributed by atoms with E-state index in [9.17, 15) is 14.4 Å². The molecular weight excluding hydrogens is 494 g/mol. The topological polar surface area (TPSA) is 170 Å². The number of rotatable bonds is 7. The average molecular weight is 542 g/mol. The van der Waals surface area contributed by atoms with E-state index in [0.717, 1.165) is 37.5 Å². The van der Waals surface area contributed by atoms with Crippen LogP contribution in [0.5, 0.6) is 0 Å². The molecule has 39 heavy (non-hydrogen) atoms. The van der Waals surface area contributed by atoms with Gasteiger partial charge < -0.3 is 27.4 Å². The molecule has 2 aromatic carbocycles. The number of carbonyl (C=O) groups is 3. The van der Waals surface area contributed by atoms with Crippen LogP contribution < -0.4 is 17.2 Å². The van der Waals surface area contributed by atoms with Crippen LogP contribution in [0.2, 0.25) is 0 Å². The summed E-state index contributed by atoms with van der Waals surface area (Å²) >= 11 is 0. The maximum Gasteiger partial charge on any atom is 0.320 e. The molecule has 2 aromatic rings. The molecule has 216 valence electrons. The van der Waals surface area contributed by atoms with E-state index in [4.69, 9.17) is 27.4 Å². The molecule has 8 nitrogen and oxygen atoms in total. The summed E-state index contributed by atoms with van der Waals surface area (Å²) in [6.45, 7) is 0.501. The van der Waals surface area contributed by atoms with Crippen molar-refractivity contribution in [3.8, 4) is 11.1 Å². The monoisotopic (exact) mass is 541 g/mol. The standard InChI is InChI=1S/C13H10O.C7H12O2.C6H13N.C5H12N2O2/c14-10-11-6-8-13(9-7-11)12-4-2-1-3-5-12;8-7(9)6-4-2-1-3-5-6;7-6-4-2-1-3-5-6;6-3-1-2-4(7)5(8)9/h1-10H;6H,1-5H2,(H,8,9);6H,1-5,7H2;4H,1-3,6-7H2,(H,8,9)/t;;;4-/m...0/s1. The molecule has 2 aliphatic carbocycles. The maximum absolute atomic E-state index is 10.5. The van der Waals surface area contributed by atoms with Crippen LogP contribution in [-0.4, -0.2) is 47.1 Å². The summed E-state index contributed by atoms with van der Waals surface area (Å²) in [7, 11) is 0. The van der Waals surface area contributed by atoms with E-state index in [1.54, 1.807) is 0 Å². The first-order valence-corrected chi connectivity index (χ1v) is 14.1. The Kier molecular flexibility index (Phi) is 18.1. The van der Waals surface area contributed by atoms with Crippen molar-refractivity contribution in [2.45, 2.75) is 89.1 Å². The zero-order chi connectivity index (χ0) is 28.9. The summed E-state index contributed by atoms with van der Waals surface area (Å²) in [4.78, 5) is 30.8. The van der Waals surface area contributed by atoms with Gasteiger partial charge in [0.1, 0.15) is 12.3 Å². The fourth-order valence-corrected chi connectivity index (χ4v) is 4.33. The number of carboxylic acids is 2. The molecule has 0 aliphatic heterocycles. The molecule has 8 N–H and O–H groups in total. The van der Waals surface area contributed by atoms with E-state index < -0.39 is 18.0 Å². The quantitative estimate of drug-likeness (QED) is 0.297. The Bertz CT molecular complexity index is 925. The highest BCUT2D eigenvalue weighted by Gasteiger charge is 2.19. The maximum atomic E-state index is 10.5. The highest BCUT2D eigenvalue weighted by molar-refractivity contribution is 5.76. The van der Waals surface area contributed by atoms with Crippen molar-refractivity contribution in [2.24, 2.45) is 23.1 Å². The second-order valence-corrected chi connectivity index (χ2v) is 10.1. The van der Waals surface area contributed by atoms with Gasteiger partial charge in [-0.05, 0) is 56.2 Å². The number of carbonyl (C=O) groups excluding carboxylic acids is 1. The van der Waals surface area contributed by atoms with Crippen LogP contribution in [0.1, 0.15) is 87.4 Å². The molecule has 2 aliphatic rings. The van der Waals surface area contributed by atoms with Crippen LogP contribution in [0, 0.1) is 5.92 Å². The molecule has 0 saturated heterocycles. The molecule has 0 amide bonds. The fourth-order valence-electron chi connectivity index (χ4n) is 4.33. The van der Waals surface area contributed by atoms with Gasteiger partial charge >= 0.3 is 11.9 Å². The lowest BCUT2D eigenvalue weighted by molar-refractivity contribution is -0.142. The average Bonchev–Trinajstić information content (AvgIpc) is 2.98. The lowest BCUT2D eigenvalue weighted by Crippen LogP contribution is -2.30. The Balaban J connectivity index is 0.000000270. The zero-order valence-electron chi connectivity index (χ0n) is 23.0. The van der Waals surface area contributed by atoms with E-state index in [1.165, 1.54) is 44.1 Å². The lowest BCUT2D eigenvalue weighted by atomic mass is 9.90. The van der Waals surface area contributed by atoms with Crippen LogP contribution in [0.15, 0.2) is 54.6 Å². The first-order chi connectivity index (χ1) is 18.8. The van der Waals surface area contributed by atoms with Gasteiger partial charge in [-0.3, -0.25) is 14.4 Å². The minimum Gasteiger partial charge on any atom is -0.481 e. The third-order valence-corrected chi connectivity index (χ3v) is 6.79. The molecule has 0 radical (unpaired) electrons. The molecule has 8 heteroatoms. The van der Waals surface area contributed by atoms with E-state index in [2.05, 4.69) is 12.1 Å². The fraction of sp³-hybridized carbons (Fsp3) is 0.516. The number of hydrogen-bond donors (Lipinski definition) is 5. The Morgan fingerprint density at radius 2 is 1.33 bits per heavy atom. The summed E-state index contributed by atoms with van der Waals surface area (Å²) in [5.74, 6) is -1.59. The van der Waals surface area contributed by atoms with Crippen LogP contribution in [0.3, 0.4) is 0 Å². The summed E-state index contributed by atoms with van der Waals surface area (Å²) < 4.78 is 0. The van der Waals surface area contributed by atoms with Crippen molar-refractivity contribution in [1.29, 1.82) is 0 Å². The Morgan fingerprint density at radius 1 is 0.821 bits per heavy atom. The first kappa shape index (κ1) is 34.0. The van der Waals surface area contributed by atoms with Crippen molar-refractivity contribution in [3.63, 3.8) is 0 Å². The molecular formula is C31H47N3O5. The van der Waals surface area contributed by atoms with Gasteiger partial charge in [0.25, 0.3) is 0 Å². The van der Waals surface area contributed by atoms with E-state index in [0.29, 0.717) is 31.0 Å². The molecule has 0 bridgehead atoms. The molecule has 4 rings (SSSR count). The van der Waals surface area contributed by atoms with Crippen molar-refractivity contribution in [2.75, 3.05) is 6.54 Å². The molecule has 2 saturated carbocycles. The number of aliphatic carboxylic acids is 2. The van der Waals surface area contributed by atoms with Gasteiger partial charge in [-0.25, -0.2) is 0 Å². The van der Waals surface area contributed by atoms with Gasteiger partial charge in [0, 0.05) is 11.6 Å². The van der Waals surface area contributed by atoms with Gasteiger partial charge in [-0.2, -0.15) is 0 Å².